The lowest BCUT2D eigenvalue weighted by atomic mass is 9.98. The van der Waals surface area contributed by atoms with Gasteiger partial charge in [0.2, 0.25) is 0 Å². The van der Waals surface area contributed by atoms with E-state index in [1.54, 1.807) is 19.9 Å². The number of hydrogen-bond donors (Lipinski definition) is 1. The predicted molar refractivity (Wildman–Crippen MR) is 165 cm³/mol. The Morgan fingerprint density at radius 3 is 2.29 bits per heavy atom. The Bertz CT molecular complexity index is 1920. The summed E-state index contributed by atoms with van der Waals surface area (Å²) in [6.07, 6.45) is -0.0523. The van der Waals surface area contributed by atoms with Crippen LogP contribution in [0.5, 0.6) is 5.75 Å². The number of pyridine rings is 1. The molecular weight excluding hydrogens is 640 g/mol. The van der Waals surface area contributed by atoms with Gasteiger partial charge in [-0.2, -0.15) is 21.6 Å². The van der Waals surface area contributed by atoms with Crippen molar-refractivity contribution in [2.24, 2.45) is 0 Å². The Labute approximate surface area is 262 Å². The van der Waals surface area contributed by atoms with Gasteiger partial charge in [-0.05, 0) is 56.7 Å². The number of hydrogen-bond acceptors (Lipinski definition) is 8. The normalized spacial score (nSPS) is 12.5. The van der Waals surface area contributed by atoms with Gasteiger partial charge < -0.3 is 13.9 Å². The van der Waals surface area contributed by atoms with Crippen molar-refractivity contribution in [1.29, 1.82) is 0 Å². The molecule has 45 heavy (non-hydrogen) atoms. The van der Waals surface area contributed by atoms with Gasteiger partial charge in [-0.1, -0.05) is 45.4 Å². The summed E-state index contributed by atoms with van der Waals surface area (Å²) in [5.74, 6) is -2.51. The van der Waals surface area contributed by atoms with Crippen LogP contribution in [0.1, 0.15) is 79.4 Å². The quantitative estimate of drug-likeness (QED) is 0.0651. The van der Waals surface area contributed by atoms with E-state index in [1.807, 2.05) is 40.7 Å². The molecule has 1 unspecified atom stereocenters. The maximum absolute atomic E-state index is 15.0. The van der Waals surface area contributed by atoms with Crippen LogP contribution in [-0.4, -0.2) is 25.2 Å². The summed E-state index contributed by atoms with van der Waals surface area (Å²) in [5, 5.41) is 3.57. The summed E-state index contributed by atoms with van der Waals surface area (Å²) in [5.41, 5.74) is -4.41. The first-order valence-corrected chi connectivity index (χ1v) is 15.5. The van der Waals surface area contributed by atoms with E-state index in [-0.39, 0.29) is 39.7 Å². The number of halogens is 5. The highest BCUT2D eigenvalue weighted by Crippen LogP contribution is 2.37. The number of aldehydes is 1. The molecule has 0 aliphatic carbocycles. The standard InChI is InChI=1S/C29H25ClF4N2O6S.C2H6/c1-13(2)26-15(4)25(38)20-9-14(3)8-19(28(20)41-26)16(5)35-22-6-7-23(30)36-24(22)17-10-18(12-37)27(21(31)11-17)42-43(39,40)29(32,33)34;1-2/h6-13,16,35H,1-5H3;1-2H3. The fourth-order valence-electron chi connectivity index (χ4n) is 4.62. The Balaban J connectivity index is 0.00000271. The molecule has 242 valence electrons. The lowest BCUT2D eigenvalue weighted by Crippen LogP contribution is -2.28. The SMILES string of the molecule is CC.Cc1cc(C(C)Nc2ccc(Cl)nc2-c2cc(F)c(OS(=O)(=O)C(F)(F)F)c(C=O)c2)c2oc(C(C)C)c(C)c(=O)c2c1. The molecule has 1 atom stereocenters. The van der Waals surface area contributed by atoms with Crippen LogP contribution in [0.15, 0.2) is 45.6 Å². The second-order valence-corrected chi connectivity index (χ2v) is 12.1. The first-order valence-electron chi connectivity index (χ1n) is 13.8. The molecule has 0 amide bonds. The van der Waals surface area contributed by atoms with Crippen LogP contribution >= 0.6 is 11.6 Å². The smallest absolute Gasteiger partial charge is 0.460 e. The highest BCUT2D eigenvalue weighted by molar-refractivity contribution is 7.88. The molecular formula is C31H31ClF4N2O6S. The third kappa shape index (κ3) is 7.30. The number of anilines is 1. The molecule has 14 heteroatoms. The molecule has 1 N–H and O–H groups in total. The summed E-state index contributed by atoms with van der Waals surface area (Å²) in [6.45, 7) is 13.1. The molecule has 0 saturated heterocycles. The van der Waals surface area contributed by atoms with Crippen molar-refractivity contribution >= 4 is 44.7 Å². The van der Waals surface area contributed by atoms with Crippen LogP contribution in [-0.2, 0) is 10.1 Å². The highest BCUT2D eigenvalue weighted by atomic mass is 35.5. The average molecular weight is 671 g/mol. The Morgan fingerprint density at radius 1 is 1.07 bits per heavy atom. The molecule has 8 nitrogen and oxygen atoms in total. The molecule has 0 saturated carbocycles. The fourth-order valence-corrected chi connectivity index (χ4v) is 5.26. The largest absolute Gasteiger partial charge is 0.534 e. The molecule has 2 aromatic heterocycles. The maximum Gasteiger partial charge on any atom is 0.534 e. The lowest BCUT2D eigenvalue weighted by Gasteiger charge is -2.21. The number of aryl methyl sites for hydroxylation is 1. The van der Waals surface area contributed by atoms with Crippen LogP contribution in [0.3, 0.4) is 0 Å². The molecule has 0 fully saturated rings. The van der Waals surface area contributed by atoms with E-state index in [4.69, 9.17) is 16.0 Å². The second kappa shape index (κ2) is 13.6. The third-order valence-electron chi connectivity index (χ3n) is 6.60. The number of alkyl halides is 3. The molecule has 2 heterocycles. The van der Waals surface area contributed by atoms with Crippen molar-refractivity contribution in [3.63, 3.8) is 0 Å². The molecule has 0 aliphatic rings. The van der Waals surface area contributed by atoms with E-state index >= 15 is 4.39 Å². The molecule has 0 aliphatic heterocycles. The number of fused-ring (bicyclic) bond motifs is 1. The summed E-state index contributed by atoms with van der Waals surface area (Å²) < 4.78 is 86.6. The van der Waals surface area contributed by atoms with E-state index < -0.39 is 38.8 Å². The van der Waals surface area contributed by atoms with Crippen LogP contribution in [0.2, 0.25) is 5.15 Å². The van der Waals surface area contributed by atoms with Crippen LogP contribution in [0, 0.1) is 19.7 Å². The average Bonchev–Trinajstić information content (AvgIpc) is 2.96. The van der Waals surface area contributed by atoms with E-state index in [0.29, 0.717) is 33.9 Å². The lowest BCUT2D eigenvalue weighted by molar-refractivity contribution is -0.0501. The van der Waals surface area contributed by atoms with Gasteiger partial charge in [0.25, 0.3) is 0 Å². The number of nitrogens with one attached hydrogen (secondary N) is 1. The molecule has 2 aromatic carbocycles. The molecule has 0 bridgehead atoms. The third-order valence-corrected chi connectivity index (χ3v) is 7.77. The molecule has 0 spiro atoms. The number of nitrogens with zero attached hydrogens (tertiary/aromatic N) is 1. The minimum atomic E-state index is -6.26. The van der Waals surface area contributed by atoms with Crippen LogP contribution in [0.25, 0.3) is 22.2 Å². The van der Waals surface area contributed by atoms with Gasteiger partial charge >= 0.3 is 15.6 Å². The van der Waals surface area contributed by atoms with Crippen LogP contribution < -0.4 is 14.9 Å². The zero-order chi connectivity index (χ0) is 34.0. The number of rotatable bonds is 8. The first kappa shape index (κ1) is 35.5. The summed E-state index contributed by atoms with van der Waals surface area (Å²) in [4.78, 5) is 29.1. The van der Waals surface area contributed by atoms with Gasteiger partial charge in [0.05, 0.1) is 28.4 Å². The Kier molecular flexibility index (Phi) is 10.7. The zero-order valence-electron chi connectivity index (χ0n) is 25.4. The van der Waals surface area contributed by atoms with E-state index in [2.05, 4.69) is 14.5 Å². The van der Waals surface area contributed by atoms with Gasteiger partial charge in [0.1, 0.15) is 16.5 Å². The number of carbonyl (C=O) groups excluding carboxylic acids is 1. The van der Waals surface area contributed by atoms with Gasteiger partial charge in [-0.3, -0.25) is 9.59 Å². The fraction of sp³-hybridized carbons (Fsp3) is 0.323. The van der Waals surface area contributed by atoms with Crippen molar-refractivity contribution in [3.8, 4) is 17.0 Å². The molecule has 0 radical (unpaired) electrons. The number of benzene rings is 2. The van der Waals surface area contributed by atoms with E-state index in [9.17, 15) is 31.2 Å². The van der Waals surface area contributed by atoms with E-state index in [0.717, 1.165) is 11.6 Å². The number of carbonyl (C=O) groups is 1. The first-order chi connectivity index (χ1) is 20.9. The Morgan fingerprint density at radius 2 is 1.71 bits per heavy atom. The maximum atomic E-state index is 15.0. The summed E-state index contributed by atoms with van der Waals surface area (Å²) in [7, 11) is -6.26. The van der Waals surface area contributed by atoms with Crippen LogP contribution in [0.4, 0.5) is 23.2 Å². The van der Waals surface area contributed by atoms with Crippen molar-refractivity contribution in [2.45, 2.75) is 65.9 Å². The molecule has 4 rings (SSSR count). The summed E-state index contributed by atoms with van der Waals surface area (Å²) in [6, 6.07) is 7.55. The monoisotopic (exact) mass is 670 g/mol. The predicted octanol–water partition coefficient (Wildman–Crippen LogP) is 8.63. The van der Waals surface area contributed by atoms with Crippen molar-refractivity contribution < 1.29 is 39.4 Å². The topological polar surface area (TPSA) is 116 Å². The minimum Gasteiger partial charge on any atom is -0.460 e. The van der Waals surface area contributed by atoms with Gasteiger partial charge in [0, 0.05) is 22.6 Å². The van der Waals surface area contributed by atoms with Gasteiger partial charge in [-0.15, -0.1) is 0 Å². The van der Waals surface area contributed by atoms with Crippen molar-refractivity contribution in [3.05, 3.63) is 85.6 Å². The Hall–Kier alpha value is -3.97. The zero-order valence-corrected chi connectivity index (χ0v) is 27.0. The van der Waals surface area contributed by atoms with Crippen molar-refractivity contribution in [1.82, 2.24) is 4.98 Å². The second-order valence-electron chi connectivity index (χ2n) is 10.2. The molecule has 4 aromatic rings. The van der Waals surface area contributed by atoms with Gasteiger partial charge in [-0.25, -0.2) is 9.37 Å². The minimum absolute atomic E-state index is 0.0105. The highest BCUT2D eigenvalue weighted by Gasteiger charge is 2.49. The van der Waals surface area contributed by atoms with Crippen molar-refractivity contribution in [2.75, 3.05) is 5.32 Å². The number of aromatic nitrogens is 1. The van der Waals surface area contributed by atoms with Gasteiger partial charge in [0.15, 0.2) is 23.3 Å². The van der Waals surface area contributed by atoms with E-state index in [1.165, 1.54) is 12.1 Å². The summed E-state index contributed by atoms with van der Waals surface area (Å²) >= 11 is 6.10.